The summed E-state index contributed by atoms with van der Waals surface area (Å²) in [6.07, 6.45) is -4.94. The summed E-state index contributed by atoms with van der Waals surface area (Å²) in [4.78, 5) is 25.9. The highest BCUT2D eigenvalue weighted by Crippen LogP contribution is 2.37. The van der Waals surface area contributed by atoms with Crippen molar-refractivity contribution in [2.75, 3.05) is 0 Å². The normalized spacial score (nSPS) is 22.3. The van der Waals surface area contributed by atoms with Crippen LogP contribution in [0.3, 0.4) is 0 Å². The summed E-state index contributed by atoms with van der Waals surface area (Å²) >= 11 is 0. The minimum Gasteiger partial charge on any atom is -0.508 e. The maximum absolute atomic E-state index is 13.5. The Morgan fingerprint density at radius 3 is 2.19 bits per heavy atom. The number of esters is 1. The van der Waals surface area contributed by atoms with Gasteiger partial charge >= 0.3 is 5.97 Å². The van der Waals surface area contributed by atoms with Crippen molar-refractivity contribution in [3.8, 4) is 40.1 Å². The first kappa shape index (κ1) is 28.5. The molecule has 0 spiro atoms. The first-order valence-corrected chi connectivity index (χ1v) is 12.7. The molecule has 4 aromatic rings. The highest BCUT2D eigenvalue weighted by Gasteiger charge is 2.46. The fourth-order valence-electron chi connectivity index (χ4n) is 4.48. The van der Waals surface area contributed by atoms with Gasteiger partial charge in [0.2, 0.25) is 17.5 Å². The lowest BCUT2D eigenvalue weighted by molar-refractivity contribution is -0.271. The van der Waals surface area contributed by atoms with E-state index >= 15 is 0 Å². The van der Waals surface area contributed by atoms with E-state index in [2.05, 4.69) is 0 Å². The van der Waals surface area contributed by atoms with Gasteiger partial charge < -0.3 is 49.3 Å². The zero-order valence-corrected chi connectivity index (χ0v) is 21.9. The van der Waals surface area contributed by atoms with Gasteiger partial charge in [0.15, 0.2) is 11.9 Å². The number of aliphatic hydroxyl groups is 2. The number of carbonyl (C=O) groups is 1. The van der Waals surface area contributed by atoms with Gasteiger partial charge in [-0.2, -0.15) is 0 Å². The Morgan fingerprint density at radius 1 is 0.881 bits per heavy atom. The number of carbonyl (C=O) groups excluding carboxylic acids is 1. The van der Waals surface area contributed by atoms with Crippen LogP contribution in [-0.4, -0.2) is 67.3 Å². The molecule has 0 aliphatic carbocycles. The van der Waals surface area contributed by atoms with E-state index in [1.165, 1.54) is 49.4 Å². The highest BCUT2D eigenvalue weighted by molar-refractivity contribution is 5.88. The van der Waals surface area contributed by atoms with Crippen LogP contribution in [0.4, 0.5) is 0 Å². The number of phenolic OH excluding ortho intramolecular Hbond substituents is 4. The minimum absolute atomic E-state index is 0.0598. The lowest BCUT2D eigenvalue weighted by Gasteiger charge is -2.40. The van der Waals surface area contributed by atoms with Gasteiger partial charge in [-0.1, -0.05) is 12.1 Å². The Hall–Kier alpha value is -5.04. The number of fused-ring (bicyclic) bond motifs is 1. The molecular formula is C30H26O12. The molecule has 218 valence electrons. The van der Waals surface area contributed by atoms with Crippen LogP contribution < -0.4 is 10.2 Å². The van der Waals surface area contributed by atoms with Gasteiger partial charge in [0, 0.05) is 23.8 Å². The molecule has 0 unspecified atom stereocenters. The van der Waals surface area contributed by atoms with Crippen molar-refractivity contribution in [1.29, 1.82) is 0 Å². The van der Waals surface area contributed by atoms with Crippen LogP contribution in [0.15, 0.2) is 76.0 Å². The Morgan fingerprint density at radius 2 is 1.52 bits per heavy atom. The molecule has 3 aromatic carbocycles. The molecule has 0 saturated carbocycles. The predicted octanol–water partition coefficient (Wildman–Crippen LogP) is 2.75. The Bertz CT molecular complexity index is 1690. The van der Waals surface area contributed by atoms with E-state index in [-0.39, 0.29) is 39.5 Å². The maximum Gasteiger partial charge on any atom is 0.331 e. The maximum atomic E-state index is 13.5. The smallest absolute Gasteiger partial charge is 0.331 e. The van der Waals surface area contributed by atoms with Gasteiger partial charge in [-0.15, -0.1) is 0 Å². The minimum atomic E-state index is -1.81. The molecule has 2 heterocycles. The number of phenols is 4. The van der Waals surface area contributed by atoms with E-state index in [4.69, 9.17) is 18.6 Å². The average Bonchev–Trinajstić information content (AvgIpc) is 2.95. The summed E-state index contributed by atoms with van der Waals surface area (Å²) in [6, 6.07) is 13.6. The molecule has 0 amide bonds. The standard InChI is InChI=1S/C30H26O12/c1-14-27(41-22(35)11-4-15-2-7-17(31)8-3-15)25(37)26(38)30(39-14)42-29-24(36)23-20(34)12-19(33)13-21(23)40-28(29)16-5-9-18(32)10-6-16/h2-14,25-27,30-34,37-38H,1H3/b11-4-/t14-,25-,26+,27-,30-/m1/s1. The topological polar surface area (TPSA) is 196 Å². The third kappa shape index (κ3) is 5.72. The molecule has 5 atom stereocenters. The third-order valence-electron chi connectivity index (χ3n) is 6.62. The molecule has 5 rings (SSSR count). The molecule has 1 aliphatic rings. The Balaban J connectivity index is 1.42. The van der Waals surface area contributed by atoms with Crippen LogP contribution >= 0.6 is 0 Å². The second-order valence-corrected chi connectivity index (χ2v) is 9.61. The second-order valence-electron chi connectivity index (χ2n) is 9.61. The molecule has 6 N–H and O–H groups in total. The molecule has 1 aliphatic heterocycles. The van der Waals surface area contributed by atoms with E-state index in [1.807, 2.05) is 0 Å². The van der Waals surface area contributed by atoms with Crippen LogP contribution in [0.2, 0.25) is 0 Å². The van der Waals surface area contributed by atoms with Crippen molar-refractivity contribution in [1.82, 2.24) is 0 Å². The summed E-state index contributed by atoms with van der Waals surface area (Å²) < 4.78 is 22.6. The fraction of sp³-hybridized carbons (Fsp3) is 0.200. The number of benzene rings is 3. The van der Waals surface area contributed by atoms with E-state index in [0.29, 0.717) is 5.56 Å². The molecule has 12 nitrogen and oxygen atoms in total. The van der Waals surface area contributed by atoms with E-state index < -0.39 is 53.6 Å². The second kappa shape index (κ2) is 11.4. The number of hydrogen-bond donors (Lipinski definition) is 6. The SMILES string of the molecule is C[C@H]1O[C@H](Oc2c(-c3ccc(O)cc3)oc3cc(O)cc(O)c3c2=O)[C@@H](O)[C@@H](O)[C@@H]1OC(=O)/C=C\c1ccc(O)cc1. The third-order valence-corrected chi connectivity index (χ3v) is 6.62. The van der Waals surface area contributed by atoms with Gasteiger partial charge in [0.1, 0.15) is 46.2 Å². The van der Waals surface area contributed by atoms with E-state index in [1.54, 1.807) is 12.1 Å². The van der Waals surface area contributed by atoms with Gasteiger partial charge in [-0.05, 0) is 55.0 Å². The van der Waals surface area contributed by atoms with Crippen LogP contribution in [0, 0.1) is 0 Å². The molecule has 1 aromatic heterocycles. The van der Waals surface area contributed by atoms with Crippen LogP contribution in [0.5, 0.6) is 28.7 Å². The van der Waals surface area contributed by atoms with E-state index in [0.717, 1.165) is 18.2 Å². The summed E-state index contributed by atoms with van der Waals surface area (Å²) in [6.45, 7) is 1.46. The number of hydrogen-bond acceptors (Lipinski definition) is 12. The largest absolute Gasteiger partial charge is 0.508 e. The molecule has 1 fully saturated rings. The lowest BCUT2D eigenvalue weighted by Crippen LogP contribution is -2.59. The molecule has 0 radical (unpaired) electrons. The van der Waals surface area contributed by atoms with Crippen LogP contribution in [0.25, 0.3) is 28.4 Å². The van der Waals surface area contributed by atoms with Crippen molar-refractivity contribution >= 4 is 23.0 Å². The number of ether oxygens (including phenoxy) is 3. The number of aromatic hydroxyl groups is 4. The van der Waals surface area contributed by atoms with Crippen molar-refractivity contribution in [2.45, 2.75) is 37.6 Å². The molecule has 1 saturated heterocycles. The van der Waals surface area contributed by atoms with Crippen molar-refractivity contribution in [2.24, 2.45) is 0 Å². The average molecular weight is 579 g/mol. The number of rotatable bonds is 6. The van der Waals surface area contributed by atoms with Gasteiger partial charge in [-0.25, -0.2) is 4.79 Å². The Kier molecular flexibility index (Phi) is 7.77. The summed E-state index contributed by atoms with van der Waals surface area (Å²) in [7, 11) is 0. The zero-order chi connectivity index (χ0) is 30.1. The lowest BCUT2D eigenvalue weighted by atomic mass is 9.99. The molecular weight excluding hydrogens is 552 g/mol. The molecule has 12 heteroatoms. The van der Waals surface area contributed by atoms with Crippen molar-refractivity contribution < 1.29 is 54.1 Å². The van der Waals surface area contributed by atoms with Crippen molar-refractivity contribution in [3.63, 3.8) is 0 Å². The fourth-order valence-corrected chi connectivity index (χ4v) is 4.48. The van der Waals surface area contributed by atoms with Gasteiger partial charge in [0.25, 0.3) is 0 Å². The Labute approximate surface area is 237 Å². The highest BCUT2D eigenvalue weighted by atomic mass is 16.7. The summed E-state index contributed by atoms with van der Waals surface area (Å²) in [5.41, 5.74) is -0.177. The zero-order valence-electron chi connectivity index (χ0n) is 21.9. The molecule has 0 bridgehead atoms. The van der Waals surface area contributed by atoms with Crippen LogP contribution in [0.1, 0.15) is 12.5 Å². The van der Waals surface area contributed by atoms with E-state index in [9.17, 15) is 40.2 Å². The quantitative estimate of drug-likeness (QED) is 0.145. The summed E-state index contributed by atoms with van der Waals surface area (Å²) in [5.74, 6) is -2.47. The van der Waals surface area contributed by atoms with Gasteiger partial charge in [-0.3, -0.25) is 4.79 Å². The summed E-state index contributed by atoms with van der Waals surface area (Å²) in [5, 5.41) is 60.7. The van der Waals surface area contributed by atoms with Crippen molar-refractivity contribution in [3.05, 3.63) is 82.5 Å². The number of aliphatic hydroxyl groups excluding tert-OH is 2. The first-order chi connectivity index (χ1) is 20.0. The van der Waals surface area contributed by atoms with Crippen LogP contribution in [-0.2, 0) is 14.3 Å². The van der Waals surface area contributed by atoms with Gasteiger partial charge in [0.05, 0.1) is 6.10 Å². The first-order valence-electron chi connectivity index (χ1n) is 12.7. The monoisotopic (exact) mass is 578 g/mol. The predicted molar refractivity (Wildman–Crippen MR) is 147 cm³/mol. The molecule has 42 heavy (non-hydrogen) atoms.